The molecule has 0 aliphatic heterocycles. The van der Waals surface area contributed by atoms with Gasteiger partial charge >= 0.3 is 11.9 Å². The van der Waals surface area contributed by atoms with Gasteiger partial charge in [-0.05, 0) is 54.4 Å². The van der Waals surface area contributed by atoms with Gasteiger partial charge < -0.3 is 4.74 Å². The van der Waals surface area contributed by atoms with E-state index in [1.807, 2.05) is 53.7 Å². The molecule has 2 aliphatic rings. The SMILES string of the molecule is CC1=CC(C)(C(=O)OC(=O)C2(C)C=C(C)C=C(C)C2)CC(C)=C1. The predicted octanol–water partition coefficient (Wildman–Crippen LogP) is 4.66. The summed E-state index contributed by atoms with van der Waals surface area (Å²) in [6, 6.07) is 0. The highest BCUT2D eigenvalue weighted by Crippen LogP contribution is 2.38. The molecule has 0 saturated carbocycles. The molecule has 3 nitrogen and oxygen atoms in total. The van der Waals surface area contributed by atoms with E-state index in [-0.39, 0.29) is 0 Å². The van der Waals surface area contributed by atoms with Crippen molar-refractivity contribution in [3.05, 3.63) is 46.6 Å². The molecule has 0 saturated heterocycles. The maximum absolute atomic E-state index is 12.6. The summed E-state index contributed by atoms with van der Waals surface area (Å²) in [5.41, 5.74) is 2.75. The van der Waals surface area contributed by atoms with Gasteiger partial charge in [0.25, 0.3) is 0 Å². The lowest BCUT2D eigenvalue weighted by Crippen LogP contribution is -2.37. The van der Waals surface area contributed by atoms with Gasteiger partial charge in [0, 0.05) is 0 Å². The van der Waals surface area contributed by atoms with E-state index in [2.05, 4.69) is 12.2 Å². The lowest BCUT2D eigenvalue weighted by molar-refractivity contribution is -0.170. The fourth-order valence-corrected chi connectivity index (χ4v) is 3.81. The molecule has 0 spiro atoms. The van der Waals surface area contributed by atoms with Gasteiger partial charge in [-0.3, -0.25) is 9.59 Å². The smallest absolute Gasteiger partial charge is 0.323 e. The monoisotopic (exact) mass is 314 g/mol. The summed E-state index contributed by atoms with van der Waals surface area (Å²) in [6.45, 7) is 11.6. The third kappa shape index (κ3) is 3.72. The zero-order valence-corrected chi connectivity index (χ0v) is 14.9. The first-order valence-corrected chi connectivity index (χ1v) is 8.04. The summed E-state index contributed by atoms with van der Waals surface area (Å²) >= 11 is 0. The van der Waals surface area contributed by atoms with Gasteiger partial charge in [0.1, 0.15) is 0 Å². The van der Waals surface area contributed by atoms with Crippen LogP contribution in [0, 0.1) is 10.8 Å². The Hall–Kier alpha value is -1.90. The normalized spacial score (nSPS) is 30.7. The molecule has 3 heteroatoms. The fraction of sp³-hybridized carbons (Fsp3) is 0.500. The molecule has 0 aromatic rings. The third-order valence-corrected chi connectivity index (χ3v) is 4.45. The number of carbonyl (C=O) groups excluding carboxylic acids is 2. The van der Waals surface area contributed by atoms with Crippen LogP contribution in [-0.2, 0) is 14.3 Å². The highest BCUT2D eigenvalue weighted by Gasteiger charge is 2.41. The quantitative estimate of drug-likeness (QED) is 0.550. The molecular formula is C20H26O3. The van der Waals surface area contributed by atoms with Gasteiger partial charge in [0.05, 0.1) is 10.8 Å². The number of rotatable bonds is 2. The average Bonchev–Trinajstić information content (AvgIpc) is 2.34. The van der Waals surface area contributed by atoms with E-state index in [0.717, 1.165) is 22.3 Å². The second-order valence-electron chi connectivity index (χ2n) is 7.62. The van der Waals surface area contributed by atoms with E-state index in [1.54, 1.807) is 0 Å². The zero-order valence-electron chi connectivity index (χ0n) is 14.9. The maximum atomic E-state index is 12.6. The average molecular weight is 314 g/mol. The summed E-state index contributed by atoms with van der Waals surface area (Å²) in [7, 11) is 0. The molecule has 2 rings (SSSR count). The van der Waals surface area contributed by atoms with Crippen LogP contribution in [0.1, 0.15) is 54.4 Å². The van der Waals surface area contributed by atoms with Crippen LogP contribution in [0.3, 0.4) is 0 Å². The predicted molar refractivity (Wildman–Crippen MR) is 91.6 cm³/mol. The molecule has 0 amide bonds. The second-order valence-corrected chi connectivity index (χ2v) is 7.62. The van der Waals surface area contributed by atoms with E-state index in [9.17, 15) is 9.59 Å². The van der Waals surface area contributed by atoms with Crippen LogP contribution in [0.15, 0.2) is 46.6 Å². The molecule has 2 atom stereocenters. The number of esters is 2. The van der Waals surface area contributed by atoms with Gasteiger partial charge in [-0.25, -0.2) is 0 Å². The van der Waals surface area contributed by atoms with Crippen LogP contribution in [0.5, 0.6) is 0 Å². The number of hydrogen-bond acceptors (Lipinski definition) is 3. The van der Waals surface area contributed by atoms with Crippen molar-refractivity contribution < 1.29 is 14.3 Å². The molecule has 0 aromatic carbocycles. The van der Waals surface area contributed by atoms with E-state index >= 15 is 0 Å². The van der Waals surface area contributed by atoms with Crippen molar-refractivity contribution in [1.29, 1.82) is 0 Å². The van der Waals surface area contributed by atoms with Crippen LogP contribution in [0.2, 0.25) is 0 Å². The Morgan fingerprint density at radius 2 is 1.17 bits per heavy atom. The Bertz CT molecular complexity index is 617. The molecule has 0 aromatic heterocycles. The Morgan fingerprint density at radius 3 is 1.48 bits per heavy atom. The first-order chi connectivity index (χ1) is 10.5. The van der Waals surface area contributed by atoms with Crippen molar-refractivity contribution in [3.63, 3.8) is 0 Å². The van der Waals surface area contributed by atoms with E-state index in [0.29, 0.717) is 12.8 Å². The molecule has 23 heavy (non-hydrogen) atoms. The molecule has 0 bridgehead atoms. The zero-order chi connectivity index (χ0) is 17.4. The lowest BCUT2D eigenvalue weighted by Gasteiger charge is -2.31. The van der Waals surface area contributed by atoms with Crippen LogP contribution in [0.4, 0.5) is 0 Å². The molecular weight excluding hydrogens is 288 g/mol. The number of allylic oxidation sites excluding steroid dienone is 6. The minimum absolute atomic E-state index is 0.464. The number of hydrogen-bond donors (Lipinski definition) is 0. The Balaban J connectivity index is 2.17. The van der Waals surface area contributed by atoms with Crippen LogP contribution >= 0.6 is 0 Å². The third-order valence-electron chi connectivity index (χ3n) is 4.45. The summed E-state index contributed by atoms with van der Waals surface area (Å²) < 4.78 is 5.31. The summed E-state index contributed by atoms with van der Waals surface area (Å²) in [5, 5.41) is 0. The highest BCUT2D eigenvalue weighted by molar-refractivity contribution is 5.93. The standard InChI is InChI=1S/C20H26O3/c1-13-7-14(2)10-19(5,9-13)17(21)23-18(22)20(6)11-15(3)8-16(4)12-20/h7-9,11H,10,12H2,1-6H3. The van der Waals surface area contributed by atoms with Crippen LogP contribution < -0.4 is 0 Å². The van der Waals surface area contributed by atoms with Gasteiger partial charge in [0.2, 0.25) is 0 Å². The van der Waals surface area contributed by atoms with E-state index < -0.39 is 22.8 Å². The van der Waals surface area contributed by atoms with Crippen molar-refractivity contribution in [2.24, 2.45) is 10.8 Å². The van der Waals surface area contributed by atoms with Crippen molar-refractivity contribution in [3.8, 4) is 0 Å². The van der Waals surface area contributed by atoms with Crippen molar-refractivity contribution >= 4 is 11.9 Å². The lowest BCUT2D eigenvalue weighted by atomic mass is 9.77. The van der Waals surface area contributed by atoms with Crippen molar-refractivity contribution in [2.75, 3.05) is 0 Å². The van der Waals surface area contributed by atoms with Gasteiger partial charge in [-0.1, -0.05) is 46.6 Å². The maximum Gasteiger partial charge on any atom is 0.323 e. The van der Waals surface area contributed by atoms with Crippen LogP contribution in [0.25, 0.3) is 0 Å². The minimum Gasteiger partial charge on any atom is -0.392 e. The summed E-state index contributed by atoms with van der Waals surface area (Å²) in [5.74, 6) is -0.928. The largest absolute Gasteiger partial charge is 0.392 e. The van der Waals surface area contributed by atoms with Crippen molar-refractivity contribution in [2.45, 2.75) is 54.4 Å². The second kappa shape index (κ2) is 5.95. The molecule has 0 radical (unpaired) electrons. The first-order valence-electron chi connectivity index (χ1n) is 8.04. The molecule has 124 valence electrons. The van der Waals surface area contributed by atoms with Crippen molar-refractivity contribution in [1.82, 2.24) is 0 Å². The minimum atomic E-state index is -0.771. The highest BCUT2D eigenvalue weighted by atomic mass is 16.6. The van der Waals surface area contributed by atoms with Crippen LogP contribution in [-0.4, -0.2) is 11.9 Å². The Morgan fingerprint density at radius 1 is 0.826 bits per heavy atom. The molecule has 0 fully saturated rings. The van der Waals surface area contributed by atoms with Gasteiger partial charge in [0.15, 0.2) is 0 Å². The van der Waals surface area contributed by atoms with Gasteiger partial charge in [-0.2, -0.15) is 0 Å². The van der Waals surface area contributed by atoms with E-state index in [1.165, 1.54) is 0 Å². The first kappa shape index (κ1) is 17.5. The topological polar surface area (TPSA) is 43.4 Å². The Labute approximate surface area is 138 Å². The fourth-order valence-electron chi connectivity index (χ4n) is 3.81. The van der Waals surface area contributed by atoms with Gasteiger partial charge in [-0.15, -0.1) is 0 Å². The molecule has 2 unspecified atom stereocenters. The number of ether oxygens (including phenoxy) is 1. The van der Waals surface area contributed by atoms with E-state index in [4.69, 9.17) is 4.74 Å². The molecule has 0 heterocycles. The summed E-state index contributed by atoms with van der Waals surface area (Å²) in [6.07, 6.45) is 9.07. The molecule has 2 aliphatic carbocycles. The summed E-state index contributed by atoms with van der Waals surface area (Å²) in [4.78, 5) is 25.2. The Kier molecular flexibility index (Phi) is 4.52. The molecule has 0 N–H and O–H groups in total. The number of carbonyl (C=O) groups is 2.